The summed E-state index contributed by atoms with van der Waals surface area (Å²) < 4.78 is 28.9. The van der Waals surface area contributed by atoms with Gasteiger partial charge in [0.05, 0.1) is 28.7 Å². The molecule has 2 aromatic rings. The minimum Gasteiger partial charge on any atom is -0.452 e. The predicted octanol–water partition coefficient (Wildman–Crippen LogP) is 1.93. The fourth-order valence-corrected chi connectivity index (χ4v) is 4.96. The summed E-state index contributed by atoms with van der Waals surface area (Å²) in [5.41, 5.74) is 1.35. The van der Waals surface area contributed by atoms with Crippen molar-refractivity contribution in [1.29, 1.82) is 5.26 Å². The van der Waals surface area contributed by atoms with Gasteiger partial charge in [-0.2, -0.15) is 5.26 Å². The van der Waals surface area contributed by atoms with Crippen LogP contribution in [-0.4, -0.2) is 49.3 Å². The highest BCUT2D eigenvalue weighted by Crippen LogP contribution is 2.20. The van der Waals surface area contributed by atoms with Crippen molar-refractivity contribution in [1.82, 2.24) is 4.90 Å². The second kappa shape index (κ2) is 8.88. The van der Waals surface area contributed by atoms with Crippen LogP contribution in [-0.2, 0) is 25.9 Å². The molecule has 0 bridgehead atoms. The van der Waals surface area contributed by atoms with Gasteiger partial charge in [0.25, 0.3) is 5.91 Å². The van der Waals surface area contributed by atoms with E-state index in [-0.39, 0.29) is 23.6 Å². The Morgan fingerprint density at radius 2 is 1.90 bits per heavy atom. The van der Waals surface area contributed by atoms with E-state index >= 15 is 0 Å². The third-order valence-corrected chi connectivity index (χ3v) is 6.47. The van der Waals surface area contributed by atoms with Crippen LogP contribution in [0.5, 0.6) is 0 Å². The van der Waals surface area contributed by atoms with Gasteiger partial charge in [0.15, 0.2) is 16.4 Å². The largest absolute Gasteiger partial charge is 0.452 e. The van der Waals surface area contributed by atoms with Crippen molar-refractivity contribution in [3.63, 3.8) is 0 Å². The topological polar surface area (TPSA) is 105 Å². The summed E-state index contributed by atoms with van der Waals surface area (Å²) >= 11 is 0. The van der Waals surface area contributed by atoms with Gasteiger partial charge in [-0.1, -0.05) is 36.4 Å². The number of rotatable bonds is 6. The number of benzene rings is 2. The molecule has 0 saturated carbocycles. The standard InChI is InChI=1S/C21H20N2O5S/c22-12-17-7-4-8-18(11-17)21(25)28-14-20(24)23(13-16-5-2-1-3-6-16)19-9-10-29(26,27)15-19/h1-8,11,19H,9-10,13-15H2/t19-/m0/s1. The molecule has 0 N–H and O–H groups in total. The zero-order valence-electron chi connectivity index (χ0n) is 15.7. The van der Waals surface area contributed by atoms with Gasteiger partial charge in [-0.15, -0.1) is 0 Å². The molecule has 1 amide bonds. The highest BCUT2D eigenvalue weighted by Gasteiger charge is 2.35. The maximum absolute atomic E-state index is 12.8. The molecule has 7 nitrogen and oxygen atoms in total. The highest BCUT2D eigenvalue weighted by molar-refractivity contribution is 7.91. The smallest absolute Gasteiger partial charge is 0.338 e. The van der Waals surface area contributed by atoms with Crippen molar-refractivity contribution >= 4 is 21.7 Å². The number of carbonyl (C=O) groups excluding carboxylic acids is 2. The molecule has 1 fully saturated rings. The minimum atomic E-state index is -3.18. The van der Waals surface area contributed by atoms with Gasteiger partial charge in [-0.05, 0) is 30.2 Å². The van der Waals surface area contributed by atoms with Crippen LogP contribution in [0.4, 0.5) is 0 Å². The van der Waals surface area contributed by atoms with Gasteiger partial charge in [-0.3, -0.25) is 4.79 Å². The molecule has 150 valence electrons. The van der Waals surface area contributed by atoms with Crippen molar-refractivity contribution in [2.45, 2.75) is 19.0 Å². The van der Waals surface area contributed by atoms with Crippen LogP contribution >= 0.6 is 0 Å². The Morgan fingerprint density at radius 1 is 1.14 bits per heavy atom. The Morgan fingerprint density at radius 3 is 2.55 bits per heavy atom. The van der Waals surface area contributed by atoms with E-state index in [0.29, 0.717) is 12.0 Å². The Bertz CT molecular complexity index is 1040. The van der Waals surface area contributed by atoms with Crippen LogP contribution in [0, 0.1) is 11.3 Å². The Kier molecular flexibility index (Phi) is 6.29. The molecule has 1 atom stereocenters. The second-order valence-electron chi connectivity index (χ2n) is 6.83. The summed E-state index contributed by atoms with van der Waals surface area (Å²) in [5.74, 6) is -1.23. The maximum Gasteiger partial charge on any atom is 0.338 e. The van der Waals surface area contributed by atoms with Crippen LogP contribution in [0.2, 0.25) is 0 Å². The first kappa shape index (κ1) is 20.6. The average molecular weight is 412 g/mol. The number of nitriles is 1. The molecule has 1 aliphatic rings. The van der Waals surface area contributed by atoms with Gasteiger partial charge in [0.2, 0.25) is 0 Å². The summed E-state index contributed by atoms with van der Waals surface area (Å²) in [6.45, 7) is -0.264. The minimum absolute atomic E-state index is 0.0387. The molecule has 8 heteroatoms. The molecule has 3 rings (SSSR count). The zero-order valence-corrected chi connectivity index (χ0v) is 16.5. The Hall–Kier alpha value is -3.18. The molecule has 1 aliphatic heterocycles. The molecule has 0 aromatic heterocycles. The first-order chi connectivity index (χ1) is 13.9. The molecule has 0 aliphatic carbocycles. The number of ether oxygens (including phenoxy) is 1. The van der Waals surface area contributed by atoms with Crippen molar-refractivity contribution in [2.75, 3.05) is 18.1 Å². The van der Waals surface area contributed by atoms with Crippen LogP contribution in [0.3, 0.4) is 0 Å². The lowest BCUT2D eigenvalue weighted by atomic mass is 10.1. The van der Waals surface area contributed by atoms with Crippen LogP contribution in [0.15, 0.2) is 54.6 Å². The van der Waals surface area contributed by atoms with Gasteiger partial charge in [-0.25, -0.2) is 13.2 Å². The summed E-state index contributed by atoms with van der Waals surface area (Å²) in [6.07, 6.45) is 0.360. The van der Waals surface area contributed by atoms with E-state index in [1.54, 1.807) is 12.1 Å². The van der Waals surface area contributed by atoms with Crippen molar-refractivity contribution in [3.8, 4) is 6.07 Å². The molecular formula is C21H20N2O5S. The quantitative estimate of drug-likeness (QED) is 0.672. The first-order valence-corrected chi connectivity index (χ1v) is 10.9. The number of amides is 1. The SMILES string of the molecule is N#Cc1cccc(C(=O)OCC(=O)N(Cc2ccccc2)[C@H]2CCS(=O)(=O)C2)c1. The Labute approximate surface area is 169 Å². The lowest BCUT2D eigenvalue weighted by molar-refractivity contribution is -0.137. The number of nitrogens with zero attached hydrogens (tertiary/aromatic N) is 2. The highest BCUT2D eigenvalue weighted by atomic mass is 32.2. The number of sulfone groups is 1. The maximum atomic E-state index is 12.8. The third kappa shape index (κ3) is 5.42. The second-order valence-corrected chi connectivity index (χ2v) is 9.06. The lowest BCUT2D eigenvalue weighted by Crippen LogP contribution is -2.42. The lowest BCUT2D eigenvalue weighted by Gasteiger charge is -2.28. The molecule has 0 radical (unpaired) electrons. The normalized spacial score (nSPS) is 17.3. The number of hydrogen-bond donors (Lipinski definition) is 0. The van der Waals surface area contributed by atoms with E-state index in [1.807, 2.05) is 36.4 Å². The first-order valence-electron chi connectivity index (χ1n) is 9.09. The monoisotopic (exact) mass is 412 g/mol. The van der Waals surface area contributed by atoms with E-state index < -0.39 is 34.4 Å². The molecule has 1 heterocycles. The molecule has 0 unspecified atom stereocenters. The zero-order chi connectivity index (χ0) is 20.9. The fraction of sp³-hybridized carbons (Fsp3) is 0.286. The van der Waals surface area contributed by atoms with Crippen LogP contribution < -0.4 is 0 Å². The third-order valence-electron chi connectivity index (χ3n) is 4.72. The molecule has 0 spiro atoms. The number of esters is 1. The van der Waals surface area contributed by atoms with E-state index in [1.165, 1.54) is 17.0 Å². The molecule has 2 aromatic carbocycles. The van der Waals surface area contributed by atoms with Crippen molar-refractivity contribution < 1.29 is 22.7 Å². The summed E-state index contributed by atoms with van der Waals surface area (Å²) in [5, 5.41) is 8.93. The predicted molar refractivity (Wildman–Crippen MR) is 105 cm³/mol. The average Bonchev–Trinajstić information content (AvgIpc) is 3.10. The number of hydrogen-bond acceptors (Lipinski definition) is 6. The molecular weight excluding hydrogens is 392 g/mol. The van der Waals surface area contributed by atoms with E-state index in [4.69, 9.17) is 10.00 Å². The fourth-order valence-electron chi connectivity index (χ4n) is 3.23. The van der Waals surface area contributed by atoms with E-state index in [2.05, 4.69) is 0 Å². The van der Waals surface area contributed by atoms with Crippen molar-refractivity contribution in [2.24, 2.45) is 0 Å². The van der Waals surface area contributed by atoms with Crippen LogP contribution in [0.25, 0.3) is 0 Å². The Balaban J connectivity index is 1.70. The number of carbonyl (C=O) groups is 2. The van der Waals surface area contributed by atoms with E-state index in [9.17, 15) is 18.0 Å². The molecule has 1 saturated heterocycles. The van der Waals surface area contributed by atoms with Gasteiger partial charge < -0.3 is 9.64 Å². The summed E-state index contributed by atoms with van der Waals surface area (Å²) in [7, 11) is -3.18. The van der Waals surface area contributed by atoms with Crippen LogP contribution in [0.1, 0.15) is 27.9 Å². The summed E-state index contributed by atoms with van der Waals surface area (Å²) in [4.78, 5) is 26.5. The van der Waals surface area contributed by atoms with Crippen molar-refractivity contribution in [3.05, 3.63) is 71.3 Å². The van der Waals surface area contributed by atoms with E-state index in [0.717, 1.165) is 5.56 Å². The summed E-state index contributed by atoms with van der Waals surface area (Å²) in [6, 6.07) is 16.7. The molecule has 29 heavy (non-hydrogen) atoms. The van der Waals surface area contributed by atoms with Gasteiger partial charge in [0, 0.05) is 12.6 Å². The van der Waals surface area contributed by atoms with Gasteiger partial charge >= 0.3 is 5.97 Å². The van der Waals surface area contributed by atoms with Gasteiger partial charge in [0.1, 0.15) is 0 Å².